The third-order valence-corrected chi connectivity index (χ3v) is 3.41. The number of benzene rings is 1. The number of aliphatic hydroxyl groups excluding tert-OH is 1. The van der Waals surface area contributed by atoms with Gasteiger partial charge in [-0.15, -0.1) is 0 Å². The van der Waals surface area contributed by atoms with E-state index in [1.165, 1.54) is 0 Å². The van der Waals surface area contributed by atoms with Gasteiger partial charge >= 0.3 is 0 Å². The minimum Gasteiger partial charge on any atom is -0.496 e. The van der Waals surface area contributed by atoms with Gasteiger partial charge in [-0.25, -0.2) is 4.98 Å². The lowest BCUT2D eigenvalue weighted by Gasteiger charge is -2.14. The summed E-state index contributed by atoms with van der Waals surface area (Å²) in [5, 5.41) is 10.9. The Labute approximate surface area is 129 Å². The summed E-state index contributed by atoms with van der Waals surface area (Å²) in [6, 6.07) is 9.06. The molecule has 0 aliphatic heterocycles. The van der Waals surface area contributed by atoms with Crippen LogP contribution in [0, 0.1) is 0 Å². The average Bonchev–Trinajstić information content (AvgIpc) is 2.48. The molecule has 112 valence electrons. The molecule has 0 saturated heterocycles. The maximum atomic E-state index is 10.2. The second kappa shape index (κ2) is 7.29. The first-order valence-corrected chi connectivity index (χ1v) is 6.99. The van der Waals surface area contributed by atoms with Crippen LogP contribution in [0.15, 0.2) is 36.5 Å². The highest BCUT2D eigenvalue weighted by atomic mass is 35.5. The van der Waals surface area contributed by atoms with E-state index in [-0.39, 0.29) is 0 Å². The molecule has 21 heavy (non-hydrogen) atoms. The minimum absolute atomic E-state index is 0.468. The standard InChI is InChI=1S/C16H18ClNO3/c1-20-15-5-4-13(17)8-12(15)9-14(19)7-11-3-6-16(21-2)18-10-11/h3-6,8,10,14,19H,7,9H2,1-2H3. The third kappa shape index (κ3) is 4.34. The monoisotopic (exact) mass is 307 g/mol. The fourth-order valence-corrected chi connectivity index (χ4v) is 2.35. The normalized spacial score (nSPS) is 12.0. The number of hydrogen-bond acceptors (Lipinski definition) is 4. The summed E-state index contributed by atoms with van der Waals surface area (Å²) in [5.41, 5.74) is 1.84. The molecule has 5 heteroatoms. The first kappa shape index (κ1) is 15.6. The number of pyridine rings is 1. The Balaban J connectivity index is 2.03. The van der Waals surface area contributed by atoms with Crippen molar-refractivity contribution in [2.45, 2.75) is 18.9 Å². The zero-order valence-corrected chi connectivity index (χ0v) is 12.8. The van der Waals surface area contributed by atoms with Gasteiger partial charge in [0, 0.05) is 30.1 Å². The Hall–Kier alpha value is -1.78. The van der Waals surface area contributed by atoms with E-state index in [9.17, 15) is 5.11 Å². The van der Waals surface area contributed by atoms with Crippen LogP contribution in [0.2, 0.25) is 5.02 Å². The highest BCUT2D eigenvalue weighted by Gasteiger charge is 2.12. The molecule has 0 bridgehead atoms. The predicted molar refractivity (Wildman–Crippen MR) is 82.2 cm³/mol. The van der Waals surface area contributed by atoms with E-state index in [4.69, 9.17) is 21.1 Å². The lowest BCUT2D eigenvalue weighted by Crippen LogP contribution is -2.14. The highest BCUT2D eigenvalue weighted by molar-refractivity contribution is 6.30. The molecule has 1 aromatic heterocycles. The van der Waals surface area contributed by atoms with Crippen molar-refractivity contribution in [1.82, 2.24) is 4.98 Å². The zero-order valence-electron chi connectivity index (χ0n) is 12.0. The molecule has 0 aliphatic carbocycles. The fourth-order valence-electron chi connectivity index (χ4n) is 2.16. The smallest absolute Gasteiger partial charge is 0.212 e. The maximum Gasteiger partial charge on any atom is 0.212 e. The number of halogens is 1. The summed E-state index contributed by atoms with van der Waals surface area (Å²) >= 11 is 5.99. The predicted octanol–water partition coefficient (Wildman–Crippen LogP) is 2.90. The van der Waals surface area contributed by atoms with E-state index in [1.54, 1.807) is 38.6 Å². The summed E-state index contributed by atoms with van der Waals surface area (Å²) in [5.74, 6) is 1.29. The van der Waals surface area contributed by atoms with E-state index in [2.05, 4.69) is 4.98 Å². The molecule has 2 aromatic rings. The van der Waals surface area contributed by atoms with E-state index >= 15 is 0 Å². The summed E-state index contributed by atoms with van der Waals surface area (Å²) in [7, 11) is 3.18. The summed E-state index contributed by atoms with van der Waals surface area (Å²) in [4.78, 5) is 4.13. The topological polar surface area (TPSA) is 51.6 Å². The Bertz CT molecular complexity index is 587. The molecule has 1 N–H and O–H groups in total. The molecule has 1 atom stereocenters. The number of aromatic nitrogens is 1. The summed E-state index contributed by atoms with van der Waals surface area (Å²) in [6.45, 7) is 0. The molecular weight excluding hydrogens is 290 g/mol. The first-order valence-electron chi connectivity index (χ1n) is 6.61. The van der Waals surface area contributed by atoms with Gasteiger partial charge in [0.25, 0.3) is 0 Å². The van der Waals surface area contributed by atoms with E-state index in [0.717, 1.165) is 16.9 Å². The molecule has 0 saturated carbocycles. The van der Waals surface area contributed by atoms with Crippen LogP contribution in [0.25, 0.3) is 0 Å². The fraction of sp³-hybridized carbons (Fsp3) is 0.312. The van der Waals surface area contributed by atoms with Gasteiger partial charge in [-0.3, -0.25) is 0 Å². The quantitative estimate of drug-likeness (QED) is 0.891. The van der Waals surface area contributed by atoms with Gasteiger partial charge in [-0.05, 0) is 29.3 Å². The first-order chi connectivity index (χ1) is 10.1. The van der Waals surface area contributed by atoms with Gasteiger partial charge < -0.3 is 14.6 Å². The molecule has 0 radical (unpaired) electrons. The van der Waals surface area contributed by atoms with Crippen LogP contribution in [0.1, 0.15) is 11.1 Å². The number of nitrogens with zero attached hydrogens (tertiary/aromatic N) is 1. The molecule has 0 spiro atoms. The van der Waals surface area contributed by atoms with E-state index in [0.29, 0.717) is 23.7 Å². The number of aliphatic hydroxyl groups is 1. The maximum absolute atomic E-state index is 10.2. The largest absolute Gasteiger partial charge is 0.496 e. The van der Waals surface area contributed by atoms with Crippen molar-refractivity contribution < 1.29 is 14.6 Å². The number of rotatable bonds is 6. The van der Waals surface area contributed by atoms with Gasteiger partial charge in [0.05, 0.1) is 20.3 Å². The molecule has 1 aromatic carbocycles. The lowest BCUT2D eigenvalue weighted by molar-refractivity contribution is 0.174. The molecular formula is C16H18ClNO3. The van der Waals surface area contributed by atoms with Crippen LogP contribution in [0.5, 0.6) is 11.6 Å². The Morgan fingerprint density at radius 1 is 1.14 bits per heavy atom. The van der Waals surface area contributed by atoms with Crippen molar-refractivity contribution in [3.63, 3.8) is 0 Å². The van der Waals surface area contributed by atoms with Crippen LogP contribution in [0.3, 0.4) is 0 Å². The van der Waals surface area contributed by atoms with E-state index in [1.807, 2.05) is 12.1 Å². The molecule has 4 nitrogen and oxygen atoms in total. The second-order valence-corrected chi connectivity index (χ2v) is 5.16. The Morgan fingerprint density at radius 3 is 2.57 bits per heavy atom. The second-order valence-electron chi connectivity index (χ2n) is 4.73. The molecule has 0 fully saturated rings. The van der Waals surface area contributed by atoms with Crippen molar-refractivity contribution in [3.05, 3.63) is 52.7 Å². The highest BCUT2D eigenvalue weighted by Crippen LogP contribution is 2.24. The summed E-state index contributed by atoms with van der Waals surface area (Å²) in [6.07, 6.45) is 2.15. The van der Waals surface area contributed by atoms with Crippen LogP contribution in [-0.2, 0) is 12.8 Å². The third-order valence-electron chi connectivity index (χ3n) is 3.18. The SMILES string of the molecule is COc1ccc(CC(O)Cc2cc(Cl)ccc2OC)cn1. The lowest BCUT2D eigenvalue weighted by atomic mass is 10.0. The van der Waals surface area contributed by atoms with Crippen molar-refractivity contribution >= 4 is 11.6 Å². The van der Waals surface area contributed by atoms with Gasteiger partial charge in [0.2, 0.25) is 5.88 Å². The molecule has 1 unspecified atom stereocenters. The average molecular weight is 308 g/mol. The molecule has 0 amide bonds. The number of hydrogen-bond donors (Lipinski definition) is 1. The van der Waals surface area contributed by atoms with Crippen LogP contribution in [-0.4, -0.2) is 30.4 Å². The van der Waals surface area contributed by atoms with Gasteiger partial charge in [-0.2, -0.15) is 0 Å². The van der Waals surface area contributed by atoms with Crippen molar-refractivity contribution in [3.8, 4) is 11.6 Å². The van der Waals surface area contributed by atoms with Crippen LogP contribution in [0.4, 0.5) is 0 Å². The zero-order chi connectivity index (χ0) is 15.2. The van der Waals surface area contributed by atoms with Gasteiger partial charge in [-0.1, -0.05) is 17.7 Å². The Kier molecular flexibility index (Phi) is 5.42. The van der Waals surface area contributed by atoms with Crippen molar-refractivity contribution in [1.29, 1.82) is 0 Å². The minimum atomic E-state index is -0.535. The van der Waals surface area contributed by atoms with Crippen LogP contribution < -0.4 is 9.47 Å². The molecule has 2 rings (SSSR count). The number of methoxy groups -OCH3 is 2. The van der Waals surface area contributed by atoms with Crippen molar-refractivity contribution in [2.24, 2.45) is 0 Å². The van der Waals surface area contributed by atoms with Gasteiger partial charge in [0.15, 0.2) is 0 Å². The van der Waals surface area contributed by atoms with E-state index < -0.39 is 6.10 Å². The van der Waals surface area contributed by atoms with Gasteiger partial charge in [0.1, 0.15) is 5.75 Å². The molecule has 0 aliphatic rings. The summed E-state index contributed by atoms with van der Waals surface area (Å²) < 4.78 is 10.3. The number of ether oxygens (including phenoxy) is 2. The Morgan fingerprint density at radius 2 is 1.95 bits per heavy atom. The molecule has 1 heterocycles. The van der Waals surface area contributed by atoms with Crippen LogP contribution >= 0.6 is 11.6 Å². The van der Waals surface area contributed by atoms with Crippen molar-refractivity contribution in [2.75, 3.05) is 14.2 Å².